The number of hydrogen-bond donors (Lipinski definition) is 0. The fourth-order valence-corrected chi connectivity index (χ4v) is 8.30. The third-order valence-corrected chi connectivity index (χ3v) is 24.8. The zero-order valence-corrected chi connectivity index (χ0v) is 35.2. The molecule has 0 spiro atoms. The molecule has 2 unspecified atom stereocenters. The smallest absolute Gasteiger partial charge is 0.308 e. The van der Waals surface area contributed by atoms with E-state index in [0.717, 1.165) is 6.42 Å². The van der Waals surface area contributed by atoms with Gasteiger partial charge in [0.05, 0.1) is 38.4 Å². The normalized spacial score (nSPS) is 24.7. The second kappa shape index (κ2) is 15.4. The zero-order chi connectivity index (χ0) is 34.7. The molecule has 1 fully saturated rings. The van der Waals surface area contributed by atoms with Gasteiger partial charge in [0, 0.05) is 5.92 Å². The Bertz CT molecular complexity index is 902. The average Bonchev–Trinajstić information content (AvgIpc) is 3.12. The van der Waals surface area contributed by atoms with Crippen molar-refractivity contribution in [2.45, 2.75) is 187 Å². The largest absolute Gasteiger partial charge is 0.469 e. The van der Waals surface area contributed by atoms with E-state index in [-0.39, 0.29) is 63.8 Å². The van der Waals surface area contributed by atoms with Crippen molar-refractivity contribution in [1.29, 1.82) is 0 Å². The molecule has 1 aliphatic heterocycles. The molecule has 0 N–H and O–H groups in total. The maximum atomic E-state index is 12.5. The number of rotatable bonds is 15. The van der Waals surface area contributed by atoms with Gasteiger partial charge in [0.2, 0.25) is 0 Å². The molecule has 10 heteroatoms. The van der Waals surface area contributed by atoms with Crippen molar-refractivity contribution in [3.63, 3.8) is 0 Å². The van der Waals surface area contributed by atoms with Crippen LogP contribution in [-0.2, 0) is 32.3 Å². The minimum atomic E-state index is -2.15. The van der Waals surface area contributed by atoms with Crippen LogP contribution in [0, 0.1) is 11.8 Å². The second-order valence-corrected chi connectivity index (χ2v) is 32.2. The van der Waals surface area contributed by atoms with Crippen molar-refractivity contribution < 1.29 is 32.3 Å². The number of hydrogen-bond acceptors (Lipinski definition) is 7. The summed E-state index contributed by atoms with van der Waals surface area (Å²) in [5, 5.41) is 0.185. The van der Waals surface area contributed by atoms with E-state index in [1.54, 1.807) is 0 Å². The topological polar surface area (TPSA) is 72.5 Å². The standard InChI is InChI=1S/C34H72O7Si3/c1-20-24(2)27(21-26(22-29(35)36-13)40-43(16,17)33(7,8)9)38-31-25(3)30(41-44(18,19)34(10,11)12)28(39-31)23-37-42(14,15)32(4,5)6/h24-28,30-31H,20-23H2,1-19H3/t24-,25?,26-,27-,28-,30?,31+/m0/s1. The number of methoxy groups -OCH3 is 1. The van der Waals surface area contributed by atoms with Crippen molar-refractivity contribution in [2.75, 3.05) is 13.7 Å². The van der Waals surface area contributed by atoms with Crippen molar-refractivity contribution >= 4 is 30.9 Å². The molecule has 7 nitrogen and oxygen atoms in total. The van der Waals surface area contributed by atoms with Crippen LogP contribution < -0.4 is 0 Å². The van der Waals surface area contributed by atoms with E-state index < -0.39 is 31.2 Å². The van der Waals surface area contributed by atoms with Crippen LogP contribution in [0.5, 0.6) is 0 Å². The molecule has 0 aromatic rings. The van der Waals surface area contributed by atoms with Crippen LogP contribution in [0.25, 0.3) is 0 Å². The van der Waals surface area contributed by atoms with Gasteiger partial charge in [0.15, 0.2) is 31.2 Å². The van der Waals surface area contributed by atoms with Gasteiger partial charge >= 0.3 is 5.97 Å². The van der Waals surface area contributed by atoms with Crippen LogP contribution in [0.2, 0.25) is 54.4 Å². The van der Waals surface area contributed by atoms with Gasteiger partial charge in [-0.05, 0) is 66.7 Å². The molecule has 1 saturated heterocycles. The Balaban J connectivity index is 3.38. The van der Waals surface area contributed by atoms with E-state index in [0.29, 0.717) is 13.0 Å². The molecule has 44 heavy (non-hydrogen) atoms. The van der Waals surface area contributed by atoms with Gasteiger partial charge in [-0.25, -0.2) is 0 Å². The Morgan fingerprint density at radius 2 is 1.34 bits per heavy atom. The van der Waals surface area contributed by atoms with E-state index in [4.69, 9.17) is 27.5 Å². The lowest BCUT2D eigenvalue weighted by molar-refractivity contribution is -0.194. The van der Waals surface area contributed by atoms with Crippen molar-refractivity contribution in [3.05, 3.63) is 0 Å². The second-order valence-electron chi connectivity index (χ2n) is 17.9. The SMILES string of the molecule is CC[C@H](C)[C@H](C[C@@H](CC(=O)OC)O[Si](C)(C)C(C)(C)C)O[C@@H]1O[C@@H](CO[Si](C)(C)C(C)(C)C)C(O[Si](C)(C)C(C)(C)C)C1C. The van der Waals surface area contributed by atoms with Crippen LogP contribution in [0.4, 0.5) is 0 Å². The lowest BCUT2D eigenvalue weighted by atomic mass is 9.95. The maximum Gasteiger partial charge on any atom is 0.308 e. The molecule has 7 atom stereocenters. The van der Waals surface area contributed by atoms with E-state index in [1.807, 2.05) is 0 Å². The minimum absolute atomic E-state index is 0.0167. The molecule has 1 heterocycles. The predicted molar refractivity (Wildman–Crippen MR) is 191 cm³/mol. The molecule has 0 bridgehead atoms. The van der Waals surface area contributed by atoms with Gasteiger partial charge in [-0.1, -0.05) is 89.5 Å². The third-order valence-electron chi connectivity index (χ3n) is 11.2. The van der Waals surface area contributed by atoms with Crippen molar-refractivity contribution in [3.8, 4) is 0 Å². The highest BCUT2D eigenvalue weighted by molar-refractivity contribution is 6.75. The monoisotopic (exact) mass is 676 g/mol. The molecule has 1 aliphatic rings. The Morgan fingerprint density at radius 1 is 0.841 bits per heavy atom. The number of carbonyl (C=O) groups excluding carboxylic acids is 1. The van der Waals surface area contributed by atoms with Gasteiger partial charge in [0.1, 0.15) is 6.10 Å². The lowest BCUT2D eigenvalue weighted by Crippen LogP contribution is -2.49. The van der Waals surface area contributed by atoms with E-state index in [9.17, 15) is 4.79 Å². The van der Waals surface area contributed by atoms with Gasteiger partial charge in [-0.15, -0.1) is 0 Å². The average molecular weight is 677 g/mol. The summed E-state index contributed by atoms with van der Waals surface area (Å²) in [6.45, 7) is 41.0. The highest BCUT2D eigenvalue weighted by Gasteiger charge is 2.51. The van der Waals surface area contributed by atoms with Gasteiger partial charge in [0.25, 0.3) is 0 Å². The van der Waals surface area contributed by atoms with Crippen molar-refractivity contribution in [2.24, 2.45) is 11.8 Å². The van der Waals surface area contributed by atoms with Gasteiger partial charge in [-0.3, -0.25) is 4.79 Å². The highest BCUT2D eigenvalue weighted by atomic mass is 28.4. The molecule has 0 amide bonds. The van der Waals surface area contributed by atoms with Crippen LogP contribution in [0.15, 0.2) is 0 Å². The van der Waals surface area contributed by atoms with Gasteiger partial charge in [-0.2, -0.15) is 0 Å². The molecule has 1 rings (SSSR count). The Labute approximate surface area is 275 Å². The lowest BCUT2D eigenvalue weighted by Gasteiger charge is -2.41. The summed E-state index contributed by atoms with van der Waals surface area (Å²) in [5.41, 5.74) is 0. The summed E-state index contributed by atoms with van der Waals surface area (Å²) in [4.78, 5) is 12.5. The first-order valence-corrected chi connectivity index (χ1v) is 25.7. The van der Waals surface area contributed by atoms with Crippen molar-refractivity contribution in [1.82, 2.24) is 0 Å². The third kappa shape index (κ3) is 11.3. The molecular formula is C34H72O7Si3. The molecular weight excluding hydrogens is 605 g/mol. The first kappa shape index (κ1) is 41.9. The van der Waals surface area contributed by atoms with Crippen LogP contribution in [0.3, 0.4) is 0 Å². The predicted octanol–water partition coefficient (Wildman–Crippen LogP) is 9.53. The van der Waals surface area contributed by atoms with E-state index >= 15 is 0 Å². The fraction of sp³-hybridized carbons (Fsp3) is 0.971. The zero-order valence-electron chi connectivity index (χ0n) is 32.2. The first-order chi connectivity index (χ1) is 19.6. The summed E-state index contributed by atoms with van der Waals surface area (Å²) in [7, 11) is -4.81. The fourth-order valence-electron chi connectivity index (χ4n) is 4.52. The molecule has 0 saturated carbocycles. The van der Waals surface area contributed by atoms with E-state index in [1.165, 1.54) is 7.11 Å². The van der Waals surface area contributed by atoms with Gasteiger partial charge < -0.3 is 27.5 Å². The first-order valence-electron chi connectivity index (χ1n) is 17.0. The Kier molecular flexibility index (Phi) is 14.7. The molecule has 0 aromatic carbocycles. The van der Waals surface area contributed by atoms with Crippen LogP contribution in [-0.4, -0.2) is 75.3 Å². The summed E-state index contributed by atoms with van der Waals surface area (Å²) in [6, 6.07) is 0. The number of ether oxygens (including phenoxy) is 3. The number of carbonyl (C=O) groups is 1. The molecule has 0 aromatic heterocycles. The summed E-state index contributed by atoms with van der Waals surface area (Å²) >= 11 is 0. The van der Waals surface area contributed by atoms with Crippen LogP contribution >= 0.6 is 0 Å². The Hall–Kier alpha value is -0.0794. The molecule has 0 radical (unpaired) electrons. The summed E-state index contributed by atoms with van der Waals surface area (Å²) < 4.78 is 39.4. The summed E-state index contributed by atoms with van der Waals surface area (Å²) in [5.74, 6) is 0.00749. The highest BCUT2D eigenvalue weighted by Crippen LogP contribution is 2.44. The maximum absolute atomic E-state index is 12.5. The Morgan fingerprint density at radius 3 is 1.77 bits per heavy atom. The van der Waals surface area contributed by atoms with Crippen LogP contribution in [0.1, 0.15) is 102 Å². The minimum Gasteiger partial charge on any atom is -0.469 e. The number of esters is 1. The quantitative estimate of drug-likeness (QED) is 0.126. The summed E-state index contributed by atoms with van der Waals surface area (Å²) in [6.07, 6.45) is 0.518. The molecule has 0 aliphatic carbocycles. The molecule has 262 valence electrons. The van der Waals surface area contributed by atoms with E-state index in [2.05, 4.69) is 122 Å².